The van der Waals surface area contributed by atoms with Crippen molar-refractivity contribution in [3.63, 3.8) is 0 Å². The van der Waals surface area contributed by atoms with Gasteiger partial charge in [0, 0.05) is 5.54 Å². The lowest BCUT2D eigenvalue weighted by Crippen LogP contribution is -2.54. The number of oxazole rings is 1. The number of aromatic nitrogens is 1. The highest BCUT2D eigenvalue weighted by molar-refractivity contribution is 5.85. The van der Waals surface area contributed by atoms with Crippen LogP contribution in [0, 0.1) is 17.8 Å². The summed E-state index contributed by atoms with van der Waals surface area (Å²) in [7, 11) is 0. The van der Waals surface area contributed by atoms with E-state index in [1.54, 1.807) is 0 Å². The molecule has 0 aliphatic heterocycles. The molecule has 0 saturated heterocycles. The predicted molar refractivity (Wildman–Crippen MR) is 68.0 cm³/mol. The molecule has 4 saturated carbocycles. The van der Waals surface area contributed by atoms with E-state index in [-0.39, 0.29) is 11.2 Å². The molecule has 1 heterocycles. The minimum Gasteiger partial charge on any atom is -0.476 e. The summed E-state index contributed by atoms with van der Waals surface area (Å²) in [6, 6.07) is 0.374. The summed E-state index contributed by atoms with van der Waals surface area (Å²) in [4.78, 5) is 14.8. The van der Waals surface area contributed by atoms with Crippen molar-refractivity contribution in [1.82, 2.24) is 4.98 Å². The number of carboxylic acid groups (broad SMARTS) is 1. The Labute approximate surface area is 111 Å². The topological polar surface area (TPSA) is 75.4 Å². The number of rotatable bonds is 3. The van der Waals surface area contributed by atoms with Crippen molar-refractivity contribution < 1.29 is 14.3 Å². The first-order valence-electron chi connectivity index (χ1n) is 7.09. The number of aromatic carboxylic acids is 1. The van der Waals surface area contributed by atoms with E-state index >= 15 is 0 Å². The molecule has 5 heteroatoms. The van der Waals surface area contributed by atoms with E-state index in [0.29, 0.717) is 6.01 Å². The van der Waals surface area contributed by atoms with Crippen LogP contribution in [0.3, 0.4) is 0 Å². The fraction of sp³-hybridized carbons (Fsp3) is 0.714. The van der Waals surface area contributed by atoms with Gasteiger partial charge in [0.05, 0.1) is 0 Å². The Morgan fingerprint density at radius 3 is 2.32 bits per heavy atom. The minimum atomic E-state index is -1.04. The van der Waals surface area contributed by atoms with Crippen LogP contribution in [0.2, 0.25) is 0 Å². The molecular formula is C14H18N2O3. The summed E-state index contributed by atoms with van der Waals surface area (Å²) in [5.74, 6) is 1.48. The fourth-order valence-corrected chi connectivity index (χ4v) is 4.92. The summed E-state index contributed by atoms with van der Waals surface area (Å²) in [6.07, 6.45) is 8.91. The molecule has 5 rings (SSSR count). The number of nitrogens with one attached hydrogen (secondary N) is 1. The number of carbonyl (C=O) groups is 1. The van der Waals surface area contributed by atoms with Gasteiger partial charge in [-0.1, -0.05) is 0 Å². The Balaban J connectivity index is 1.57. The molecular weight excluding hydrogens is 244 g/mol. The van der Waals surface area contributed by atoms with Crippen LogP contribution in [0.25, 0.3) is 0 Å². The zero-order valence-corrected chi connectivity index (χ0v) is 10.8. The maximum atomic E-state index is 10.8. The normalized spacial score (nSPS) is 39.5. The number of anilines is 1. The standard InChI is InChI=1S/C14H18N2O3/c17-12(18)11-7-19-13(15-11)16-14-4-8-1-9(5-14)3-10(2-8)6-14/h7-10H,1-6H2,(H,15,16)(H,17,18). The highest BCUT2D eigenvalue weighted by Crippen LogP contribution is 2.56. The van der Waals surface area contributed by atoms with Gasteiger partial charge in [0.1, 0.15) is 6.26 Å². The summed E-state index contributed by atoms with van der Waals surface area (Å²) in [5.41, 5.74) is 0.0854. The zero-order valence-electron chi connectivity index (χ0n) is 10.8. The first-order valence-corrected chi connectivity index (χ1v) is 7.09. The van der Waals surface area contributed by atoms with Gasteiger partial charge in [-0.15, -0.1) is 0 Å². The molecule has 0 spiro atoms. The Kier molecular flexibility index (Phi) is 2.23. The van der Waals surface area contributed by atoms with Crippen LogP contribution >= 0.6 is 0 Å². The third-order valence-corrected chi connectivity index (χ3v) is 5.13. The maximum Gasteiger partial charge on any atom is 0.357 e. The second kappa shape index (κ2) is 3.74. The monoisotopic (exact) mass is 262 g/mol. The summed E-state index contributed by atoms with van der Waals surface area (Å²) < 4.78 is 5.26. The SMILES string of the molecule is O=C(O)c1coc(NC23CC4CC(CC(C4)C2)C3)n1. The van der Waals surface area contributed by atoms with E-state index in [2.05, 4.69) is 10.3 Å². The van der Waals surface area contributed by atoms with Gasteiger partial charge in [0.25, 0.3) is 6.01 Å². The van der Waals surface area contributed by atoms with Gasteiger partial charge >= 0.3 is 5.97 Å². The fourth-order valence-electron chi connectivity index (χ4n) is 4.92. The number of carboxylic acids is 1. The molecule has 0 atom stereocenters. The molecule has 0 aromatic carbocycles. The van der Waals surface area contributed by atoms with Gasteiger partial charge in [-0.25, -0.2) is 4.79 Å². The van der Waals surface area contributed by atoms with Crippen LogP contribution in [0.1, 0.15) is 49.0 Å². The number of hydrogen-bond donors (Lipinski definition) is 2. The van der Waals surface area contributed by atoms with Gasteiger partial charge in [-0.05, 0) is 56.3 Å². The first-order chi connectivity index (χ1) is 9.12. The Bertz CT molecular complexity index is 487. The molecule has 0 amide bonds. The second-order valence-electron chi connectivity index (χ2n) is 6.67. The lowest BCUT2D eigenvalue weighted by atomic mass is 9.53. The molecule has 5 nitrogen and oxygen atoms in total. The molecule has 4 aliphatic rings. The van der Waals surface area contributed by atoms with Crippen molar-refractivity contribution in [3.8, 4) is 0 Å². The van der Waals surface area contributed by atoms with Crippen molar-refractivity contribution in [3.05, 3.63) is 12.0 Å². The van der Waals surface area contributed by atoms with Crippen molar-refractivity contribution in [2.45, 2.75) is 44.1 Å². The number of hydrogen-bond acceptors (Lipinski definition) is 4. The molecule has 2 N–H and O–H groups in total. The summed E-state index contributed by atoms with van der Waals surface area (Å²) in [5, 5.41) is 12.3. The second-order valence-corrected chi connectivity index (χ2v) is 6.67. The molecule has 1 aromatic rings. The van der Waals surface area contributed by atoms with E-state index in [1.807, 2.05) is 0 Å². The van der Waals surface area contributed by atoms with E-state index in [1.165, 1.54) is 44.8 Å². The van der Waals surface area contributed by atoms with E-state index < -0.39 is 5.97 Å². The molecule has 0 radical (unpaired) electrons. The van der Waals surface area contributed by atoms with Crippen LogP contribution in [0.15, 0.2) is 10.7 Å². The summed E-state index contributed by atoms with van der Waals surface area (Å²) >= 11 is 0. The highest BCUT2D eigenvalue weighted by atomic mass is 16.4. The molecule has 1 aromatic heterocycles. The average Bonchev–Trinajstić information content (AvgIpc) is 2.74. The van der Waals surface area contributed by atoms with E-state index in [9.17, 15) is 4.79 Å². The minimum absolute atomic E-state index is 0.0211. The van der Waals surface area contributed by atoms with Gasteiger partial charge < -0.3 is 14.8 Å². The first kappa shape index (κ1) is 11.3. The van der Waals surface area contributed by atoms with E-state index in [0.717, 1.165) is 17.8 Å². The summed E-state index contributed by atoms with van der Waals surface area (Å²) in [6.45, 7) is 0. The highest BCUT2D eigenvalue weighted by Gasteiger charge is 2.51. The third kappa shape index (κ3) is 1.83. The smallest absolute Gasteiger partial charge is 0.357 e. The van der Waals surface area contributed by atoms with Crippen LogP contribution in [0.5, 0.6) is 0 Å². The Morgan fingerprint density at radius 2 is 1.84 bits per heavy atom. The lowest BCUT2D eigenvalue weighted by Gasteiger charge is -2.56. The van der Waals surface area contributed by atoms with E-state index in [4.69, 9.17) is 9.52 Å². The lowest BCUT2D eigenvalue weighted by molar-refractivity contribution is 0.00962. The third-order valence-electron chi connectivity index (χ3n) is 5.13. The number of nitrogens with zero attached hydrogens (tertiary/aromatic N) is 1. The molecule has 4 fully saturated rings. The Hall–Kier alpha value is -1.52. The van der Waals surface area contributed by atoms with Gasteiger partial charge in [-0.2, -0.15) is 4.98 Å². The van der Waals surface area contributed by atoms with Crippen LogP contribution in [-0.2, 0) is 0 Å². The quantitative estimate of drug-likeness (QED) is 0.876. The molecule has 19 heavy (non-hydrogen) atoms. The van der Waals surface area contributed by atoms with Crippen LogP contribution in [0.4, 0.5) is 6.01 Å². The molecule has 102 valence electrons. The van der Waals surface area contributed by atoms with Crippen LogP contribution < -0.4 is 5.32 Å². The van der Waals surface area contributed by atoms with Gasteiger partial charge in [0.2, 0.25) is 0 Å². The van der Waals surface area contributed by atoms with Crippen molar-refractivity contribution in [1.29, 1.82) is 0 Å². The van der Waals surface area contributed by atoms with Crippen molar-refractivity contribution in [2.75, 3.05) is 5.32 Å². The maximum absolute atomic E-state index is 10.8. The Morgan fingerprint density at radius 1 is 1.26 bits per heavy atom. The van der Waals surface area contributed by atoms with Crippen molar-refractivity contribution >= 4 is 12.0 Å². The zero-order chi connectivity index (χ0) is 13.0. The molecule has 4 aliphatic carbocycles. The van der Waals surface area contributed by atoms with Crippen molar-refractivity contribution in [2.24, 2.45) is 17.8 Å². The van der Waals surface area contributed by atoms with Gasteiger partial charge in [0.15, 0.2) is 5.69 Å². The molecule has 0 unspecified atom stereocenters. The largest absolute Gasteiger partial charge is 0.476 e. The van der Waals surface area contributed by atoms with Crippen LogP contribution in [-0.4, -0.2) is 21.6 Å². The predicted octanol–water partition coefficient (Wildman–Crippen LogP) is 2.75. The van der Waals surface area contributed by atoms with Gasteiger partial charge in [-0.3, -0.25) is 0 Å². The molecule has 4 bridgehead atoms. The average molecular weight is 262 g/mol.